The topological polar surface area (TPSA) is 103 Å². The lowest BCUT2D eigenvalue weighted by molar-refractivity contribution is 0.0665. The van der Waals surface area contributed by atoms with Gasteiger partial charge in [0.2, 0.25) is 5.76 Å². The number of nitrogens with zero attached hydrogens (tertiary/aromatic N) is 4. The van der Waals surface area contributed by atoms with Gasteiger partial charge >= 0.3 is 5.97 Å². The summed E-state index contributed by atoms with van der Waals surface area (Å²) < 4.78 is 16.0. The number of hydrogen-bond acceptors (Lipinski definition) is 5. The van der Waals surface area contributed by atoms with Crippen molar-refractivity contribution in [2.75, 3.05) is 18.1 Å². The van der Waals surface area contributed by atoms with E-state index in [0.29, 0.717) is 53.4 Å². The van der Waals surface area contributed by atoms with Crippen molar-refractivity contribution in [3.63, 3.8) is 0 Å². The molecule has 1 N–H and O–H groups in total. The third-order valence-corrected chi connectivity index (χ3v) is 10.5. The summed E-state index contributed by atoms with van der Waals surface area (Å²) >= 11 is 13.4. The van der Waals surface area contributed by atoms with Gasteiger partial charge in [-0.15, -0.1) is 0 Å². The summed E-state index contributed by atoms with van der Waals surface area (Å²) in [7, 11) is 1.91. The molecule has 0 saturated carbocycles. The zero-order valence-electron chi connectivity index (χ0n) is 28.1. The van der Waals surface area contributed by atoms with E-state index in [9.17, 15) is 14.7 Å². The Kier molecular flexibility index (Phi) is 8.24. The Labute approximate surface area is 293 Å². The van der Waals surface area contributed by atoms with Crippen LogP contribution in [0.5, 0.6) is 5.75 Å². The summed E-state index contributed by atoms with van der Waals surface area (Å²) in [6.45, 7) is 10.8. The summed E-state index contributed by atoms with van der Waals surface area (Å²) in [4.78, 5) is 28.3. The van der Waals surface area contributed by atoms with E-state index in [1.54, 1.807) is 17.0 Å². The zero-order valence-corrected chi connectivity index (χ0v) is 29.7. The van der Waals surface area contributed by atoms with Crippen molar-refractivity contribution in [1.29, 1.82) is 0 Å². The molecule has 3 aromatic carbocycles. The molecule has 1 aliphatic rings. The highest BCUT2D eigenvalue weighted by molar-refractivity contribution is 6.35. The maximum absolute atomic E-state index is 14.8. The number of anilines is 1. The summed E-state index contributed by atoms with van der Waals surface area (Å²) in [5.74, 6) is -0.790. The van der Waals surface area contributed by atoms with Gasteiger partial charge in [-0.25, -0.2) is 4.79 Å². The monoisotopic (exact) mass is 698 g/mol. The maximum Gasteiger partial charge on any atom is 0.371 e. The fourth-order valence-electron chi connectivity index (χ4n) is 7.30. The first kappa shape index (κ1) is 32.8. The number of rotatable bonds is 8. The average Bonchev–Trinajstić information content (AvgIpc) is 3.72. The predicted molar refractivity (Wildman–Crippen MR) is 193 cm³/mol. The highest BCUT2D eigenvalue weighted by atomic mass is 35.5. The van der Waals surface area contributed by atoms with Gasteiger partial charge in [0.05, 0.1) is 28.5 Å². The number of para-hydroxylation sites is 1. The highest BCUT2D eigenvalue weighted by Crippen LogP contribution is 2.45. The molecule has 0 bridgehead atoms. The first-order chi connectivity index (χ1) is 23.4. The van der Waals surface area contributed by atoms with Crippen molar-refractivity contribution in [1.82, 2.24) is 14.3 Å². The number of carbonyl (C=O) groups excluding carboxylic acids is 1. The molecule has 1 unspecified atom stereocenters. The minimum absolute atomic E-state index is 0.168. The molecule has 9 nitrogen and oxygen atoms in total. The molecular formula is C38H36Cl2N4O5. The fraction of sp³-hybridized carbons (Fsp3) is 0.289. The van der Waals surface area contributed by atoms with Gasteiger partial charge in [0, 0.05) is 52.3 Å². The second-order valence-electron chi connectivity index (χ2n) is 12.9. The smallest absolute Gasteiger partial charge is 0.371 e. The molecule has 1 atom stereocenters. The standard InChI is InChI=1S/C38H36Cl2N4O5/c1-19-15-25(16-20(2)33(19)40)48-14-8-10-26-27-12-13-28(39)32(31-22(4)41-42(6)23(31)5)34(27)44-21(3)18-43(37(45)35(26)44)29-11-7-9-24-17-30(38(46)47)49-36(24)29/h7,9,11-13,15-17,21H,8,10,14,18H2,1-6H3,(H,46,47). The molecule has 0 radical (unpaired) electrons. The number of benzene rings is 3. The number of carboxylic acids is 1. The normalized spacial score (nSPS) is 14.7. The van der Waals surface area contributed by atoms with Gasteiger partial charge in [-0.1, -0.05) is 41.4 Å². The first-order valence-electron chi connectivity index (χ1n) is 16.2. The summed E-state index contributed by atoms with van der Waals surface area (Å²) in [5, 5.41) is 17.2. The number of aromatic carboxylic acids is 1. The van der Waals surface area contributed by atoms with E-state index in [4.69, 9.17) is 32.4 Å². The van der Waals surface area contributed by atoms with Gasteiger partial charge in [-0.05, 0) is 94.5 Å². The lowest BCUT2D eigenvalue weighted by atomic mass is 9.98. The lowest BCUT2D eigenvalue weighted by Crippen LogP contribution is -2.42. The van der Waals surface area contributed by atoms with Crippen molar-refractivity contribution in [3.8, 4) is 16.9 Å². The molecule has 7 rings (SSSR count). The Morgan fingerprint density at radius 3 is 2.47 bits per heavy atom. The number of amides is 1. The Morgan fingerprint density at radius 1 is 1.06 bits per heavy atom. The number of ether oxygens (including phenoxy) is 1. The van der Waals surface area contributed by atoms with Crippen LogP contribution in [-0.4, -0.2) is 44.5 Å². The van der Waals surface area contributed by atoms with Gasteiger partial charge in [0.1, 0.15) is 11.4 Å². The van der Waals surface area contributed by atoms with Crippen LogP contribution in [0.3, 0.4) is 0 Å². The SMILES string of the molecule is Cc1cc(OCCCc2c3n(c4c(-c5c(C)nn(C)c5C)c(Cl)ccc24)C(C)CN(c2cccc4cc(C(=O)O)oc24)C3=O)cc(C)c1Cl. The third kappa shape index (κ3) is 5.36. The first-order valence-corrected chi connectivity index (χ1v) is 17.0. The molecule has 0 fully saturated rings. The molecule has 0 aliphatic carbocycles. The van der Waals surface area contributed by atoms with Crippen LogP contribution in [-0.2, 0) is 13.5 Å². The Bertz CT molecular complexity index is 2310. The van der Waals surface area contributed by atoms with E-state index in [1.165, 1.54) is 6.07 Å². The third-order valence-electron chi connectivity index (χ3n) is 9.59. The van der Waals surface area contributed by atoms with Crippen LogP contribution in [0.4, 0.5) is 5.69 Å². The molecule has 1 amide bonds. The summed E-state index contributed by atoms with van der Waals surface area (Å²) in [5.41, 5.74) is 8.78. The highest BCUT2D eigenvalue weighted by Gasteiger charge is 2.37. The maximum atomic E-state index is 14.8. The number of fused-ring (bicyclic) bond motifs is 4. The van der Waals surface area contributed by atoms with E-state index < -0.39 is 5.97 Å². The van der Waals surface area contributed by atoms with Crippen LogP contribution in [0.2, 0.25) is 10.0 Å². The average molecular weight is 700 g/mol. The Hall–Kier alpha value is -4.73. The number of hydrogen-bond donors (Lipinski definition) is 1. The number of furan rings is 1. The molecular weight excluding hydrogens is 663 g/mol. The number of aryl methyl sites for hydroxylation is 5. The second-order valence-corrected chi connectivity index (χ2v) is 13.7. The van der Waals surface area contributed by atoms with Crippen molar-refractivity contribution >= 4 is 62.6 Å². The van der Waals surface area contributed by atoms with E-state index in [1.807, 2.05) is 69.8 Å². The lowest BCUT2D eigenvalue weighted by Gasteiger charge is -2.34. The molecule has 49 heavy (non-hydrogen) atoms. The fourth-order valence-corrected chi connectivity index (χ4v) is 7.66. The van der Waals surface area contributed by atoms with Crippen LogP contribution in [0.1, 0.15) is 68.5 Å². The Balaban J connectivity index is 1.37. The minimum Gasteiger partial charge on any atom is -0.494 e. The molecule has 252 valence electrons. The van der Waals surface area contributed by atoms with Crippen molar-refractivity contribution < 1.29 is 23.8 Å². The molecule has 1 aliphatic heterocycles. The molecule has 0 spiro atoms. The predicted octanol–water partition coefficient (Wildman–Crippen LogP) is 9.26. The van der Waals surface area contributed by atoms with Crippen molar-refractivity contribution in [2.45, 2.75) is 53.5 Å². The van der Waals surface area contributed by atoms with E-state index in [2.05, 4.69) is 16.6 Å². The van der Waals surface area contributed by atoms with Crippen LogP contribution in [0.15, 0.2) is 52.9 Å². The van der Waals surface area contributed by atoms with Gasteiger partial charge in [0.15, 0.2) is 5.58 Å². The number of aromatic nitrogens is 3. The van der Waals surface area contributed by atoms with Crippen LogP contribution >= 0.6 is 23.2 Å². The zero-order chi connectivity index (χ0) is 34.9. The molecule has 6 aromatic rings. The van der Waals surface area contributed by atoms with Gasteiger partial charge in [0.25, 0.3) is 5.91 Å². The Morgan fingerprint density at radius 2 is 1.80 bits per heavy atom. The molecule has 0 saturated heterocycles. The largest absolute Gasteiger partial charge is 0.494 e. The van der Waals surface area contributed by atoms with Crippen LogP contribution < -0.4 is 9.64 Å². The molecule has 4 heterocycles. The molecule has 11 heteroatoms. The van der Waals surface area contributed by atoms with E-state index >= 15 is 0 Å². The van der Waals surface area contributed by atoms with Crippen LogP contribution in [0, 0.1) is 27.7 Å². The van der Waals surface area contributed by atoms with E-state index in [0.717, 1.165) is 60.9 Å². The quantitative estimate of drug-likeness (QED) is 0.159. The minimum atomic E-state index is -1.17. The van der Waals surface area contributed by atoms with Crippen LogP contribution in [0.25, 0.3) is 33.0 Å². The van der Waals surface area contributed by atoms with Gasteiger partial charge in [-0.3, -0.25) is 9.48 Å². The van der Waals surface area contributed by atoms with Gasteiger partial charge < -0.3 is 23.7 Å². The number of carboxylic acid groups (broad SMARTS) is 1. The van der Waals surface area contributed by atoms with Gasteiger partial charge in [-0.2, -0.15) is 5.10 Å². The summed E-state index contributed by atoms with van der Waals surface area (Å²) in [6.07, 6.45) is 1.21. The van der Waals surface area contributed by atoms with E-state index in [-0.39, 0.29) is 17.7 Å². The van der Waals surface area contributed by atoms with Crippen molar-refractivity contribution in [3.05, 3.63) is 98.1 Å². The number of halogens is 2. The molecule has 3 aromatic heterocycles. The number of carbonyl (C=O) groups is 2. The summed E-state index contributed by atoms with van der Waals surface area (Å²) in [6, 6.07) is 14.5. The van der Waals surface area contributed by atoms with Crippen molar-refractivity contribution in [2.24, 2.45) is 7.05 Å². The second kappa shape index (κ2) is 12.3.